The van der Waals surface area contributed by atoms with E-state index in [1.54, 1.807) is 11.8 Å². The van der Waals surface area contributed by atoms with Gasteiger partial charge in [0.25, 0.3) is 0 Å². The highest BCUT2D eigenvalue weighted by molar-refractivity contribution is 5.74. The molecule has 206 valence electrons. The third kappa shape index (κ3) is 9.59. The lowest BCUT2D eigenvalue weighted by molar-refractivity contribution is -0.163. The lowest BCUT2D eigenvalue weighted by atomic mass is 9.87. The van der Waals surface area contributed by atoms with E-state index in [0.717, 1.165) is 5.56 Å². The van der Waals surface area contributed by atoms with E-state index in [1.165, 1.54) is 4.90 Å². The van der Waals surface area contributed by atoms with Crippen LogP contribution in [0.2, 0.25) is 0 Å². The van der Waals surface area contributed by atoms with Crippen LogP contribution in [0.25, 0.3) is 0 Å². The second-order valence-corrected chi connectivity index (χ2v) is 10.8. The van der Waals surface area contributed by atoms with Crippen molar-refractivity contribution in [1.82, 2.24) is 9.80 Å². The van der Waals surface area contributed by atoms with Gasteiger partial charge < -0.3 is 29.5 Å². The van der Waals surface area contributed by atoms with Crippen molar-refractivity contribution in [3.8, 4) is 0 Å². The third-order valence-electron chi connectivity index (χ3n) is 6.57. The highest BCUT2D eigenvalue weighted by atomic mass is 16.6. The molecule has 0 aromatic heterocycles. The number of esters is 1. The summed E-state index contributed by atoms with van der Waals surface area (Å²) in [4.78, 5) is 48.6. The molecule has 2 aliphatic rings. The number of carboxylic acids is 1. The van der Waals surface area contributed by atoms with Gasteiger partial charge in [-0.25, -0.2) is 9.59 Å². The molecule has 10 nitrogen and oxygen atoms in total. The molecule has 2 saturated heterocycles. The lowest BCUT2D eigenvalue weighted by Gasteiger charge is -2.36. The summed E-state index contributed by atoms with van der Waals surface area (Å²) >= 11 is 0. The Kier molecular flexibility index (Phi) is 10.8. The van der Waals surface area contributed by atoms with Crippen molar-refractivity contribution in [2.75, 3.05) is 26.2 Å². The quantitative estimate of drug-likeness (QED) is 0.561. The number of carboxylic acid groups (broad SMARTS) is 2. The number of ether oxygens (including phenoxy) is 2. The van der Waals surface area contributed by atoms with Crippen LogP contribution in [0.15, 0.2) is 30.3 Å². The van der Waals surface area contributed by atoms with Crippen LogP contribution in [0.5, 0.6) is 0 Å². The van der Waals surface area contributed by atoms with E-state index in [4.69, 9.17) is 19.7 Å². The van der Waals surface area contributed by atoms with Crippen LogP contribution in [-0.2, 0) is 25.7 Å². The molecular weight excluding hydrogens is 480 g/mol. The molecule has 2 fully saturated rings. The van der Waals surface area contributed by atoms with Crippen molar-refractivity contribution < 1.29 is 38.9 Å². The van der Waals surface area contributed by atoms with Gasteiger partial charge in [-0.15, -0.1) is 0 Å². The molecule has 1 aromatic carbocycles. The Balaban J connectivity index is 0.000000312. The first-order valence-corrected chi connectivity index (χ1v) is 12.7. The molecule has 0 saturated carbocycles. The van der Waals surface area contributed by atoms with Crippen molar-refractivity contribution in [3.05, 3.63) is 35.9 Å². The molecule has 0 aliphatic carbocycles. The number of benzene rings is 1. The van der Waals surface area contributed by atoms with Gasteiger partial charge in [0.15, 0.2) is 0 Å². The van der Waals surface area contributed by atoms with Crippen LogP contribution in [-0.4, -0.2) is 75.9 Å². The maximum absolute atomic E-state index is 12.3. The van der Waals surface area contributed by atoms with Gasteiger partial charge in [0, 0.05) is 26.2 Å². The number of rotatable bonds is 4. The minimum atomic E-state index is -0.962. The lowest BCUT2D eigenvalue weighted by Crippen LogP contribution is -2.46. The molecule has 2 amide bonds. The van der Waals surface area contributed by atoms with Gasteiger partial charge in [-0.2, -0.15) is 0 Å². The zero-order valence-corrected chi connectivity index (χ0v) is 22.4. The second-order valence-electron chi connectivity index (χ2n) is 10.8. The summed E-state index contributed by atoms with van der Waals surface area (Å²) in [7, 11) is 0. The van der Waals surface area contributed by atoms with E-state index in [2.05, 4.69) is 0 Å². The number of amides is 2. The summed E-state index contributed by atoms with van der Waals surface area (Å²) < 4.78 is 10.8. The molecule has 2 unspecified atom stereocenters. The van der Waals surface area contributed by atoms with Crippen molar-refractivity contribution in [3.63, 3.8) is 0 Å². The van der Waals surface area contributed by atoms with E-state index in [9.17, 15) is 19.2 Å². The normalized spacial score (nSPS) is 23.8. The standard InChI is InChI=1S/C19H27NO4.C8H13NO4/c1-14-12-20(11-10-16(14)17(21)24-19(2,3)4)18(22)23-13-15-8-6-5-7-9-15;1-5-4-9(8(12)13)3-2-6(5)7(10)11/h5-9,14,16H,10-13H2,1-4H3;5-6H,2-4H2,1H3,(H,10,11)(H,12,13)/t;5-,6+/m.1/s1. The molecule has 2 heterocycles. The highest BCUT2D eigenvalue weighted by Gasteiger charge is 2.36. The Bertz CT molecular complexity index is 930. The highest BCUT2D eigenvalue weighted by Crippen LogP contribution is 2.27. The van der Waals surface area contributed by atoms with E-state index < -0.39 is 23.6 Å². The van der Waals surface area contributed by atoms with Crippen molar-refractivity contribution in [1.29, 1.82) is 0 Å². The minimum Gasteiger partial charge on any atom is -0.481 e. The Labute approximate surface area is 218 Å². The Hall–Kier alpha value is -3.30. The molecule has 2 N–H and O–H groups in total. The molecule has 0 bridgehead atoms. The van der Waals surface area contributed by atoms with E-state index in [0.29, 0.717) is 39.0 Å². The molecule has 0 radical (unpaired) electrons. The summed E-state index contributed by atoms with van der Waals surface area (Å²) in [6.07, 6.45) is -0.261. The fourth-order valence-corrected chi connectivity index (χ4v) is 4.54. The predicted molar refractivity (Wildman–Crippen MR) is 136 cm³/mol. The first-order valence-electron chi connectivity index (χ1n) is 12.7. The van der Waals surface area contributed by atoms with Gasteiger partial charge in [0.05, 0.1) is 11.8 Å². The van der Waals surface area contributed by atoms with Crippen LogP contribution in [0.4, 0.5) is 9.59 Å². The fourth-order valence-electron chi connectivity index (χ4n) is 4.54. The van der Waals surface area contributed by atoms with Crippen LogP contribution in [0.1, 0.15) is 53.0 Å². The van der Waals surface area contributed by atoms with Gasteiger partial charge in [-0.3, -0.25) is 9.59 Å². The first kappa shape index (κ1) is 29.9. The summed E-state index contributed by atoms with van der Waals surface area (Å²) in [5.74, 6) is -1.59. The SMILES string of the molecule is CC1CN(C(=O)OCc2ccccc2)CCC1C(=O)OC(C)(C)C.C[C@@H]1CN(C(=O)O)CC[C@@H]1C(=O)O. The molecule has 4 atom stereocenters. The maximum Gasteiger partial charge on any atom is 0.410 e. The number of hydrogen-bond acceptors (Lipinski definition) is 6. The number of carbonyl (C=O) groups excluding carboxylic acids is 2. The third-order valence-corrected chi connectivity index (χ3v) is 6.57. The zero-order valence-electron chi connectivity index (χ0n) is 22.4. The number of nitrogens with zero attached hydrogens (tertiary/aromatic N) is 2. The molecule has 2 aliphatic heterocycles. The molecule has 10 heteroatoms. The van der Waals surface area contributed by atoms with Crippen LogP contribution < -0.4 is 0 Å². The van der Waals surface area contributed by atoms with Gasteiger partial charge in [0.1, 0.15) is 12.2 Å². The van der Waals surface area contributed by atoms with E-state index >= 15 is 0 Å². The van der Waals surface area contributed by atoms with Crippen LogP contribution in [0, 0.1) is 23.7 Å². The monoisotopic (exact) mass is 520 g/mol. The second kappa shape index (κ2) is 13.3. The van der Waals surface area contributed by atoms with Crippen molar-refractivity contribution in [2.24, 2.45) is 23.7 Å². The molecular formula is C27H40N2O8. The maximum atomic E-state index is 12.3. The summed E-state index contributed by atoms with van der Waals surface area (Å²) in [5, 5.41) is 17.4. The number of hydrogen-bond donors (Lipinski definition) is 2. The largest absolute Gasteiger partial charge is 0.481 e. The Morgan fingerprint density at radius 1 is 0.892 bits per heavy atom. The zero-order chi connectivity index (χ0) is 27.8. The van der Waals surface area contributed by atoms with Crippen LogP contribution >= 0.6 is 0 Å². The number of carbonyl (C=O) groups is 4. The van der Waals surface area contributed by atoms with Gasteiger partial charge in [0.2, 0.25) is 0 Å². The average molecular weight is 521 g/mol. The Morgan fingerprint density at radius 3 is 1.95 bits per heavy atom. The average Bonchev–Trinajstić information content (AvgIpc) is 2.82. The number of likely N-dealkylation sites (tertiary alicyclic amines) is 2. The molecule has 0 spiro atoms. The Morgan fingerprint density at radius 2 is 1.43 bits per heavy atom. The van der Waals surface area contributed by atoms with Crippen LogP contribution in [0.3, 0.4) is 0 Å². The summed E-state index contributed by atoms with van der Waals surface area (Å²) in [6, 6.07) is 9.60. The fraction of sp³-hybridized carbons (Fsp3) is 0.630. The molecule has 1 aromatic rings. The first-order chi connectivity index (χ1) is 17.3. The minimum absolute atomic E-state index is 0.0536. The smallest absolute Gasteiger partial charge is 0.410 e. The van der Waals surface area contributed by atoms with E-state index in [-0.39, 0.29) is 36.4 Å². The predicted octanol–water partition coefficient (Wildman–Crippen LogP) is 4.33. The number of piperidine rings is 2. The topological polar surface area (TPSA) is 134 Å². The summed E-state index contributed by atoms with van der Waals surface area (Å²) in [5.41, 5.74) is 0.477. The van der Waals surface area contributed by atoms with Crippen molar-refractivity contribution >= 4 is 24.1 Å². The van der Waals surface area contributed by atoms with Gasteiger partial charge in [-0.05, 0) is 51.0 Å². The van der Waals surface area contributed by atoms with Gasteiger partial charge in [-0.1, -0.05) is 44.2 Å². The summed E-state index contributed by atoms with van der Waals surface area (Å²) in [6.45, 7) is 11.3. The molecule has 37 heavy (non-hydrogen) atoms. The van der Waals surface area contributed by atoms with Gasteiger partial charge >= 0.3 is 24.1 Å². The number of aliphatic carboxylic acids is 1. The van der Waals surface area contributed by atoms with Crippen molar-refractivity contribution in [2.45, 2.75) is 59.7 Å². The van der Waals surface area contributed by atoms with E-state index in [1.807, 2.05) is 58.0 Å². The molecule has 3 rings (SSSR count).